The molecule has 1 aromatic heterocycles. The Morgan fingerprint density at radius 3 is 2.35 bits per heavy atom. The van der Waals surface area contributed by atoms with Gasteiger partial charge in [0.1, 0.15) is 5.75 Å². The zero-order valence-electron chi connectivity index (χ0n) is 14.1. The number of nitro benzene ring substituents is 1. The van der Waals surface area contributed by atoms with E-state index in [1.807, 2.05) is 30.3 Å². The highest BCUT2D eigenvalue weighted by Gasteiger charge is 2.15. The molecule has 0 unspecified atom stereocenters. The van der Waals surface area contributed by atoms with Gasteiger partial charge in [-0.1, -0.05) is 18.2 Å². The van der Waals surface area contributed by atoms with Gasteiger partial charge in [-0.15, -0.1) is 0 Å². The number of hydrogen-bond donors (Lipinski definition) is 2. The molecular formula is C17H16N6O3. The number of rotatable bonds is 5. The molecule has 0 atom stereocenters. The first-order chi connectivity index (χ1) is 12.4. The van der Waals surface area contributed by atoms with E-state index in [0.29, 0.717) is 16.9 Å². The van der Waals surface area contributed by atoms with Gasteiger partial charge in [-0.25, -0.2) is 0 Å². The summed E-state index contributed by atoms with van der Waals surface area (Å²) in [5.41, 5.74) is 7.70. The first-order valence-corrected chi connectivity index (χ1v) is 7.69. The van der Waals surface area contributed by atoms with Crippen molar-refractivity contribution in [1.29, 1.82) is 0 Å². The first-order valence-electron chi connectivity index (χ1n) is 7.69. The second-order valence-corrected chi connectivity index (χ2v) is 5.56. The molecule has 0 amide bonds. The summed E-state index contributed by atoms with van der Waals surface area (Å²) in [6.07, 6.45) is 0. The summed E-state index contributed by atoms with van der Waals surface area (Å²) in [6.45, 7) is 3.42. The van der Waals surface area contributed by atoms with E-state index in [4.69, 9.17) is 10.5 Å². The first kappa shape index (κ1) is 17.1. The van der Waals surface area contributed by atoms with Crippen LogP contribution in [0.3, 0.4) is 0 Å². The van der Waals surface area contributed by atoms with Crippen LogP contribution in [-0.4, -0.2) is 19.9 Å². The minimum atomic E-state index is -0.452. The van der Waals surface area contributed by atoms with Crippen LogP contribution < -0.4 is 15.8 Å². The van der Waals surface area contributed by atoms with Crippen molar-refractivity contribution in [1.82, 2.24) is 15.0 Å². The molecule has 26 heavy (non-hydrogen) atoms. The number of nitrogens with two attached hydrogens (primary N) is 1. The standard InChI is InChI=1S/C17H16N6O3/c1-10-8-13(23(24)25)9-11(2)14(10)26-17-21-15(18)20-16(22-17)19-12-6-4-3-5-7-12/h3-9H,1-2H3,(H3,18,19,20,21,22). The molecule has 3 rings (SSSR count). The van der Waals surface area contributed by atoms with Gasteiger partial charge < -0.3 is 15.8 Å². The number of non-ortho nitro benzene ring substituents is 1. The molecule has 0 aliphatic heterocycles. The second-order valence-electron chi connectivity index (χ2n) is 5.56. The molecule has 3 N–H and O–H groups in total. The Kier molecular flexibility index (Phi) is 4.61. The molecule has 9 heteroatoms. The van der Waals surface area contributed by atoms with Crippen LogP contribution in [0.5, 0.6) is 11.8 Å². The maximum atomic E-state index is 10.9. The Morgan fingerprint density at radius 1 is 1.08 bits per heavy atom. The van der Waals surface area contributed by atoms with E-state index in [1.165, 1.54) is 12.1 Å². The van der Waals surface area contributed by atoms with Gasteiger partial charge in [0.15, 0.2) is 0 Å². The van der Waals surface area contributed by atoms with E-state index in [1.54, 1.807) is 13.8 Å². The molecule has 0 spiro atoms. The summed E-state index contributed by atoms with van der Waals surface area (Å²) in [7, 11) is 0. The number of nitrogens with one attached hydrogen (secondary N) is 1. The lowest BCUT2D eigenvalue weighted by Crippen LogP contribution is -2.06. The molecule has 1 heterocycles. The molecule has 0 aliphatic rings. The van der Waals surface area contributed by atoms with Crippen molar-refractivity contribution in [3.05, 3.63) is 63.7 Å². The Hall–Kier alpha value is -3.75. The maximum absolute atomic E-state index is 10.9. The monoisotopic (exact) mass is 352 g/mol. The lowest BCUT2D eigenvalue weighted by atomic mass is 10.1. The van der Waals surface area contributed by atoms with Crippen molar-refractivity contribution in [2.45, 2.75) is 13.8 Å². The zero-order chi connectivity index (χ0) is 18.7. The van der Waals surface area contributed by atoms with Gasteiger partial charge in [0.25, 0.3) is 5.69 Å². The Morgan fingerprint density at radius 2 is 1.73 bits per heavy atom. The van der Waals surface area contributed by atoms with Crippen LogP contribution in [0.15, 0.2) is 42.5 Å². The Labute approximate surface area is 149 Å². The number of nitro groups is 1. The van der Waals surface area contributed by atoms with E-state index in [-0.39, 0.29) is 23.6 Å². The van der Waals surface area contributed by atoms with Gasteiger partial charge in [0.2, 0.25) is 11.9 Å². The number of aromatic nitrogens is 3. The Balaban J connectivity index is 1.90. The Bertz CT molecular complexity index is 939. The normalized spacial score (nSPS) is 10.4. The number of nitrogen functional groups attached to an aromatic ring is 1. The minimum absolute atomic E-state index is 0.00372. The third kappa shape index (κ3) is 3.83. The summed E-state index contributed by atoms with van der Waals surface area (Å²) in [5.74, 6) is 0.661. The van der Waals surface area contributed by atoms with Crippen molar-refractivity contribution in [3.63, 3.8) is 0 Å². The third-order valence-electron chi connectivity index (χ3n) is 3.51. The van der Waals surface area contributed by atoms with Gasteiger partial charge in [-0.3, -0.25) is 10.1 Å². The van der Waals surface area contributed by atoms with Crippen LogP contribution in [0, 0.1) is 24.0 Å². The number of para-hydroxylation sites is 1. The van der Waals surface area contributed by atoms with Crippen LogP contribution in [-0.2, 0) is 0 Å². The fourth-order valence-electron chi connectivity index (χ4n) is 2.41. The van der Waals surface area contributed by atoms with Crippen LogP contribution in [0.1, 0.15) is 11.1 Å². The van der Waals surface area contributed by atoms with Crippen LogP contribution in [0.4, 0.5) is 23.3 Å². The average Bonchev–Trinajstić information content (AvgIpc) is 2.58. The molecule has 2 aromatic carbocycles. The molecule has 0 saturated heterocycles. The van der Waals surface area contributed by atoms with Gasteiger partial charge in [-0.05, 0) is 37.1 Å². The van der Waals surface area contributed by atoms with Gasteiger partial charge in [0.05, 0.1) is 4.92 Å². The van der Waals surface area contributed by atoms with Crippen molar-refractivity contribution in [2.75, 3.05) is 11.1 Å². The summed E-state index contributed by atoms with van der Waals surface area (Å²) < 4.78 is 5.73. The number of aryl methyl sites for hydroxylation is 2. The maximum Gasteiger partial charge on any atom is 0.328 e. The van der Waals surface area contributed by atoms with E-state index in [0.717, 1.165) is 5.69 Å². The molecule has 9 nitrogen and oxygen atoms in total. The molecule has 3 aromatic rings. The SMILES string of the molecule is Cc1cc([N+](=O)[O-])cc(C)c1Oc1nc(N)nc(Nc2ccccc2)n1. The molecular weight excluding hydrogens is 336 g/mol. The highest BCUT2D eigenvalue weighted by atomic mass is 16.6. The lowest BCUT2D eigenvalue weighted by Gasteiger charge is -2.11. The molecule has 0 fully saturated rings. The van der Waals surface area contributed by atoms with E-state index >= 15 is 0 Å². The molecule has 0 aliphatic carbocycles. The lowest BCUT2D eigenvalue weighted by molar-refractivity contribution is -0.385. The van der Waals surface area contributed by atoms with E-state index in [9.17, 15) is 10.1 Å². The van der Waals surface area contributed by atoms with E-state index < -0.39 is 4.92 Å². The van der Waals surface area contributed by atoms with Crippen molar-refractivity contribution < 1.29 is 9.66 Å². The van der Waals surface area contributed by atoms with Crippen LogP contribution in [0.2, 0.25) is 0 Å². The minimum Gasteiger partial charge on any atom is -0.424 e. The van der Waals surface area contributed by atoms with Crippen molar-refractivity contribution in [3.8, 4) is 11.8 Å². The third-order valence-corrected chi connectivity index (χ3v) is 3.51. The van der Waals surface area contributed by atoms with Gasteiger partial charge in [-0.2, -0.15) is 15.0 Å². The quantitative estimate of drug-likeness (QED) is 0.527. The van der Waals surface area contributed by atoms with Crippen molar-refractivity contribution in [2.24, 2.45) is 0 Å². The zero-order valence-corrected chi connectivity index (χ0v) is 14.1. The number of nitrogens with zero attached hydrogens (tertiary/aromatic N) is 4. The molecule has 0 radical (unpaired) electrons. The van der Waals surface area contributed by atoms with Gasteiger partial charge >= 0.3 is 6.01 Å². The largest absolute Gasteiger partial charge is 0.424 e. The van der Waals surface area contributed by atoms with Crippen LogP contribution >= 0.6 is 0 Å². The fraction of sp³-hybridized carbons (Fsp3) is 0.118. The fourth-order valence-corrected chi connectivity index (χ4v) is 2.41. The summed E-state index contributed by atoms with van der Waals surface area (Å²) in [4.78, 5) is 22.7. The highest BCUT2D eigenvalue weighted by Crippen LogP contribution is 2.31. The summed E-state index contributed by atoms with van der Waals surface area (Å²) in [6, 6.07) is 12.2. The topological polar surface area (TPSA) is 129 Å². The van der Waals surface area contributed by atoms with Crippen molar-refractivity contribution >= 4 is 23.3 Å². The number of hydrogen-bond acceptors (Lipinski definition) is 8. The van der Waals surface area contributed by atoms with Gasteiger partial charge in [0, 0.05) is 17.8 Å². The average molecular weight is 352 g/mol. The number of anilines is 3. The highest BCUT2D eigenvalue weighted by molar-refractivity contribution is 5.54. The molecule has 132 valence electrons. The summed E-state index contributed by atoms with van der Waals surface area (Å²) in [5, 5.41) is 14.0. The number of ether oxygens (including phenoxy) is 1. The molecule has 0 bridgehead atoms. The summed E-state index contributed by atoms with van der Waals surface area (Å²) >= 11 is 0. The van der Waals surface area contributed by atoms with Crippen LogP contribution in [0.25, 0.3) is 0 Å². The van der Waals surface area contributed by atoms with E-state index in [2.05, 4.69) is 20.3 Å². The molecule has 0 saturated carbocycles. The second kappa shape index (κ2) is 7.01. The predicted octanol–water partition coefficient (Wildman–Crippen LogP) is 3.51. The predicted molar refractivity (Wildman–Crippen MR) is 96.6 cm³/mol. The smallest absolute Gasteiger partial charge is 0.328 e. The number of benzene rings is 2.